The maximum atomic E-state index is 14.1. The predicted molar refractivity (Wildman–Crippen MR) is 143 cm³/mol. The van der Waals surface area contributed by atoms with Gasteiger partial charge in [-0.1, -0.05) is 23.7 Å². The number of carboxylic acid groups (broad SMARTS) is 1. The van der Waals surface area contributed by atoms with Crippen molar-refractivity contribution in [2.75, 3.05) is 13.2 Å². The van der Waals surface area contributed by atoms with Gasteiger partial charge in [-0.05, 0) is 48.7 Å². The van der Waals surface area contributed by atoms with Crippen molar-refractivity contribution in [2.45, 2.75) is 45.1 Å². The van der Waals surface area contributed by atoms with Gasteiger partial charge >= 0.3 is 5.97 Å². The van der Waals surface area contributed by atoms with E-state index in [0.717, 1.165) is 36.5 Å². The molecule has 1 atom stereocenters. The van der Waals surface area contributed by atoms with Crippen LogP contribution in [0.4, 0.5) is 4.39 Å². The molecule has 1 aromatic carbocycles. The first-order chi connectivity index (χ1) is 19.3. The molecule has 0 aliphatic carbocycles. The second-order valence-corrected chi connectivity index (χ2v) is 10.4. The molecule has 3 aromatic heterocycles. The Morgan fingerprint density at radius 1 is 1.12 bits per heavy atom. The Balaban J connectivity index is 1.19. The van der Waals surface area contributed by atoms with Crippen LogP contribution in [0.5, 0.6) is 0 Å². The molecule has 1 fully saturated rings. The van der Waals surface area contributed by atoms with Crippen molar-refractivity contribution < 1.29 is 23.8 Å². The SMILES string of the molecule is O=C(O)c1ccc2nc(CN3CCc4ccc(C(=O)NCc5ccc(Cl)cc5F)nc4C3)n(C[C@@H]3CCO3)c2n1. The van der Waals surface area contributed by atoms with Gasteiger partial charge in [-0.3, -0.25) is 9.69 Å². The molecule has 0 radical (unpaired) electrons. The summed E-state index contributed by atoms with van der Waals surface area (Å²) >= 11 is 5.81. The van der Waals surface area contributed by atoms with Crippen LogP contribution in [-0.2, 0) is 37.3 Å². The molecule has 2 N–H and O–H groups in total. The number of aromatic carboxylic acids is 1. The molecule has 4 aromatic rings. The van der Waals surface area contributed by atoms with Crippen molar-refractivity contribution in [1.82, 2.24) is 29.7 Å². The maximum Gasteiger partial charge on any atom is 0.354 e. The lowest BCUT2D eigenvalue weighted by Gasteiger charge is -2.30. The fourth-order valence-electron chi connectivity index (χ4n) is 4.97. The van der Waals surface area contributed by atoms with Crippen LogP contribution >= 0.6 is 11.6 Å². The van der Waals surface area contributed by atoms with Gasteiger partial charge in [-0.2, -0.15) is 0 Å². The van der Waals surface area contributed by atoms with Crippen molar-refractivity contribution in [3.63, 3.8) is 0 Å². The second-order valence-electron chi connectivity index (χ2n) is 9.95. The van der Waals surface area contributed by atoms with E-state index in [2.05, 4.69) is 20.2 Å². The number of halogens is 2. The Hall–Kier alpha value is -3.93. The third-order valence-electron chi connectivity index (χ3n) is 7.26. The number of imidazole rings is 1. The van der Waals surface area contributed by atoms with Crippen LogP contribution in [-0.4, -0.2) is 60.7 Å². The third-order valence-corrected chi connectivity index (χ3v) is 7.50. The summed E-state index contributed by atoms with van der Waals surface area (Å²) in [5, 5.41) is 12.4. The molecule has 5 heterocycles. The molecule has 0 unspecified atom stereocenters. The van der Waals surface area contributed by atoms with Gasteiger partial charge in [0.15, 0.2) is 11.3 Å². The van der Waals surface area contributed by atoms with E-state index in [1.807, 2.05) is 10.6 Å². The van der Waals surface area contributed by atoms with Crippen molar-refractivity contribution in [1.29, 1.82) is 0 Å². The fourth-order valence-corrected chi connectivity index (χ4v) is 5.13. The molecular formula is C28H26ClFN6O4. The van der Waals surface area contributed by atoms with E-state index < -0.39 is 17.7 Å². The third kappa shape index (κ3) is 5.40. The van der Waals surface area contributed by atoms with E-state index >= 15 is 0 Å². The molecule has 206 valence electrons. The van der Waals surface area contributed by atoms with Gasteiger partial charge in [-0.25, -0.2) is 24.1 Å². The number of hydrogen-bond donors (Lipinski definition) is 2. The van der Waals surface area contributed by atoms with Crippen molar-refractivity contribution in [3.05, 3.63) is 87.3 Å². The highest BCUT2D eigenvalue weighted by Crippen LogP contribution is 2.24. The summed E-state index contributed by atoms with van der Waals surface area (Å²) in [6.07, 6.45) is 1.72. The zero-order valence-corrected chi connectivity index (χ0v) is 22.2. The lowest BCUT2D eigenvalue weighted by atomic mass is 10.0. The summed E-state index contributed by atoms with van der Waals surface area (Å²) in [7, 11) is 0. The van der Waals surface area contributed by atoms with Gasteiger partial charge in [0.1, 0.15) is 22.9 Å². The Bertz CT molecular complexity index is 1620. The largest absolute Gasteiger partial charge is 0.477 e. The second kappa shape index (κ2) is 10.9. The van der Waals surface area contributed by atoms with Gasteiger partial charge in [0.05, 0.1) is 24.9 Å². The van der Waals surface area contributed by atoms with Crippen LogP contribution in [0.3, 0.4) is 0 Å². The van der Waals surface area contributed by atoms with Crippen LogP contribution in [0, 0.1) is 5.82 Å². The molecule has 12 heteroatoms. The minimum atomic E-state index is -1.09. The summed E-state index contributed by atoms with van der Waals surface area (Å²) in [5.74, 6) is -1.20. The zero-order chi connectivity index (χ0) is 27.8. The normalized spacial score (nSPS) is 16.9. The Morgan fingerprint density at radius 2 is 1.95 bits per heavy atom. The number of pyridine rings is 2. The number of nitrogens with one attached hydrogen (secondary N) is 1. The summed E-state index contributed by atoms with van der Waals surface area (Å²) in [5.41, 5.74) is 3.59. The predicted octanol–water partition coefficient (Wildman–Crippen LogP) is 3.59. The molecule has 0 saturated carbocycles. The number of hydrogen-bond acceptors (Lipinski definition) is 7. The molecule has 1 saturated heterocycles. The van der Waals surface area contributed by atoms with E-state index in [1.165, 1.54) is 12.1 Å². The lowest BCUT2D eigenvalue weighted by Crippen LogP contribution is -2.35. The molecule has 0 bridgehead atoms. The number of benzene rings is 1. The smallest absolute Gasteiger partial charge is 0.354 e. The van der Waals surface area contributed by atoms with Gasteiger partial charge in [0, 0.05) is 36.8 Å². The van der Waals surface area contributed by atoms with Gasteiger partial charge in [0.25, 0.3) is 5.91 Å². The Kier molecular flexibility index (Phi) is 7.18. The molecule has 40 heavy (non-hydrogen) atoms. The summed E-state index contributed by atoms with van der Waals surface area (Å²) in [4.78, 5) is 40.3. The number of carboxylic acids is 1. The average Bonchev–Trinajstić information content (AvgIpc) is 3.25. The molecular weight excluding hydrogens is 539 g/mol. The standard InChI is InChI=1S/C28H26ClFN6O4/c29-18-3-1-17(20(30)11-18)12-31-27(37)22-4-2-16-7-9-35(14-24(16)32-22)15-25-33-21-5-6-23(28(38)39)34-26(21)36(25)13-19-8-10-40-19/h1-6,11,19H,7-10,12-15H2,(H,31,37)(H,38,39)/t19-/m0/s1. The van der Waals surface area contributed by atoms with Gasteiger partial charge in [-0.15, -0.1) is 0 Å². The quantitative estimate of drug-likeness (QED) is 0.333. The first kappa shape index (κ1) is 26.3. The highest BCUT2D eigenvalue weighted by molar-refractivity contribution is 6.30. The highest BCUT2D eigenvalue weighted by Gasteiger charge is 2.26. The van der Waals surface area contributed by atoms with Gasteiger partial charge in [0.2, 0.25) is 0 Å². The number of fused-ring (bicyclic) bond motifs is 2. The molecule has 2 aliphatic rings. The number of aromatic nitrogens is 4. The molecule has 0 spiro atoms. The van der Waals surface area contributed by atoms with E-state index in [9.17, 15) is 19.1 Å². The molecule has 10 nitrogen and oxygen atoms in total. The Morgan fingerprint density at radius 3 is 2.70 bits per heavy atom. The Labute approximate surface area is 233 Å². The van der Waals surface area contributed by atoms with Crippen molar-refractivity contribution >= 4 is 34.6 Å². The first-order valence-corrected chi connectivity index (χ1v) is 13.4. The monoisotopic (exact) mass is 564 g/mol. The number of carbonyl (C=O) groups excluding carboxylic acids is 1. The van der Waals surface area contributed by atoms with Crippen LogP contribution in [0.15, 0.2) is 42.5 Å². The topological polar surface area (TPSA) is 122 Å². The zero-order valence-electron chi connectivity index (χ0n) is 21.4. The number of amides is 1. The van der Waals surface area contributed by atoms with Crippen molar-refractivity contribution in [3.8, 4) is 0 Å². The number of rotatable bonds is 8. The van der Waals surface area contributed by atoms with E-state index in [1.54, 1.807) is 24.3 Å². The summed E-state index contributed by atoms with van der Waals surface area (Å²) in [6, 6.07) is 11.1. The van der Waals surface area contributed by atoms with Gasteiger partial charge < -0.3 is 19.7 Å². The van der Waals surface area contributed by atoms with Crippen LogP contribution in [0.25, 0.3) is 11.2 Å². The fraction of sp³-hybridized carbons (Fsp3) is 0.321. The average molecular weight is 565 g/mol. The van der Waals surface area contributed by atoms with Crippen LogP contribution in [0.2, 0.25) is 5.02 Å². The van der Waals surface area contributed by atoms with Crippen LogP contribution < -0.4 is 5.32 Å². The minimum Gasteiger partial charge on any atom is -0.477 e. The van der Waals surface area contributed by atoms with Crippen LogP contribution in [0.1, 0.15) is 50.0 Å². The molecule has 2 aliphatic heterocycles. The number of ether oxygens (including phenoxy) is 1. The lowest BCUT2D eigenvalue weighted by molar-refractivity contribution is -0.0592. The van der Waals surface area contributed by atoms with E-state index in [0.29, 0.717) is 48.0 Å². The summed E-state index contributed by atoms with van der Waals surface area (Å²) in [6.45, 7) is 3.05. The molecule has 6 rings (SSSR count). The van der Waals surface area contributed by atoms with E-state index in [4.69, 9.17) is 21.3 Å². The highest BCUT2D eigenvalue weighted by atomic mass is 35.5. The molecule has 1 amide bonds. The summed E-state index contributed by atoms with van der Waals surface area (Å²) < 4.78 is 21.7. The first-order valence-electron chi connectivity index (χ1n) is 13.0. The van der Waals surface area contributed by atoms with E-state index in [-0.39, 0.29) is 24.0 Å². The number of nitrogens with zero attached hydrogens (tertiary/aromatic N) is 5. The minimum absolute atomic E-state index is 0.0191. The van der Waals surface area contributed by atoms with Crippen molar-refractivity contribution in [2.24, 2.45) is 0 Å². The number of carbonyl (C=O) groups is 2. The maximum absolute atomic E-state index is 14.1.